The first-order valence-corrected chi connectivity index (χ1v) is 13.3. The van der Waals surface area contributed by atoms with Crippen molar-refractivity contribution in [1.82, 2.24) is 0 Å². The topological polar surface area (TPSA) is 0 Å². The average molecular weight is 492 g/mol. The minimum Gasteiger partial charge on any atom is -0.0960 e. The highest BCUT2D eigenvalue weighted by molar-refractivity contribution is 6.34. The molecule has 7 aromatic carbocycles. The van der Waals surface area contributed by atoms with Crippen LogP contribution in [0, 0.1) is 0 Å². The van der Waals surface area contributed by atoms with E-state index in [1.165, 1.54) is 60.7 Å². The summed E-state index contributed by atoms with van der Waals surface area (Å²) in [5, 5.41) is 4.81. The largest absolute Gasteiger partial charge is 0.113 e. The Balaban J connectivity index is 1.63. The molecule has 0 fully saturated rings. The minimum atomic E-state index is 0.763. The van der Waals surface area contributed by atoms with Crippen molar-refractivity contribution in [3.05, 3.63) is 152 Å². The quantitative estimate of drug-likeness (QED) is 0.170. The molecule has 0 bridgehead atoms. The van der Waals surface area contributed by atoms with Crippen molar-refractivity contribution in [3.63, 3.8) is 0 Å². The monoisotopic (exact) mass is 492 g/mol. The van der Waals surface area contributed by atoms with Crippen molar-refractivity contribution in [2.75, 3.05) is 0 Å². The first-order chi connectivity index (χ1) is 19.3. The molecule has 2 radical (unpaired) electrons. The van der Waals surface area contributed by atoms with E-state index in [1.54, 1.807) is 0 Å². The van der Waals surface area contributed by atoms with Gasteiger partial charge in [-0.25, -0.2) is 0 Å². The summed E-state index contributed by atoms with van der Waals surface area (Å²) in [4.78, 5) is 0. The predicted octanol–water partition coefficient (Wildman–Crippen LogP) is 9.45. The van der Waals surface area contributed by atoms with Gasteiger partial charge in [0, 0.05) is 0 Å². The summed E-state index contributed by atoms with van der Waals surface area (Å²) in [5.41, 5.74) is 10.5. The fourth-order valence-electron chi connectivity index (χ4n) is 5.92. The van der Waals surface area contributed by atoms with Crippen molar-refractivity contribution in [2.45, 2.75) is 0 Å². The van der Waals surface area contributed by atoms with Gasteiger partial charge in [-0.05, 0) is 66.1 Å². The van der Waals surface area contributed by atoms with Gasteiger partial charge in [-0.1, -0.05) is 157 Å². The number of rotatable bonds is 4. The smallest absolute Gasteiger partial charge is 0.0960 e. The lowest BCUT2D eigenvalue weighted by Gasteiger charge is -2.21. The Kier molecular flexibility index (Phi) is 5.83. The lowest BCUT2D eigenvalue weighted by Crippen LogP contribution is -2.02. The van der Waals surface area contributed by atoms with Gasteiger partial charge in [0.15, 0.2) is 0 Å². The predicted molar refractivity (Wildman–Crippen MR) is 169 cm³/mol. The van der Waals surface area contributed by atoms with E-state index in [-0.39, 0.29) is 0 Å². The fourth-order valence-corrected chi connectivity index (χ4v) is 5.92. The first-order valence-electron chi connectivity index (χ1n) is 13.3. The average Bonchev–Trinajstić information content (AvgIpc) is 3.01. The molecular weight excluding hydrogens is 467 g/mol. The van der Waals surface area contributed by atoms with Crippen LogP contribution in [0.4, 0.5) is 0 Å². The van der Waals surface area contributed by atoms with Gasteiger partial charge < -0.3 is 0 Å². The molecule has 0 spiro atoms. The summed E-state index contributed by atoms with van der Waals surface area (Å²) in [6.45, 7) is 0. The molecule has 0 saturated heterocycles. The highest BCUT2D eigenvalue weighted by Crippen LogP contribution is 2.47. The third-order valence-electron chi connectivity index (χ3n) is 7.61. The van der Waals surface area contributed by atoms with Gasteiger partial charge in [0.05, 0.1) is 0 Å². The zero-order valence-corrected chi connectivity index (χ0v) is 21.5. The Morgan fingerprint density at radius 3 is 1.21 bits per heavy atom. The van der Waals surface area contributed by atoms with Crippen LogP contribution in [0.25, 0.3) is 66.1 Å². The Hall–Kier alpha value is -4.88. The maximum atomic E-state index is 6.47. The molecule has 0 heterocycles. The molecule has 0 N–H and O–H groups in total. The van der Waals surface area contributed by atoms with Gasteiger partial charge in [0.2, 0.25) is 0 Å². The third-order valence-corrected chi connectivity index (χ3v) is 7.61. The molecule has 0 amide bonds. The van der Waals surface area contributed by atoms with Gasteiger partial charge in [-0.3, -0.25) is 0 Å². The molecule has 0 aromatic heterocycles. The van der Waals surface area contributed by atoms with Gasteiger partial charge in [0.1, 0.15) is 7.85 Å². The Morgan fingerprint density at radius 1 is 0.308 bits per heavy atom. The molecule has 7 aromatic rings. The van der Waals surface area contributed by atoms with E-state index in [2.05, 4.69) is 146 Å². The van der Waals surface area contributed by atoms with Crippen molar-refractivity contribution in [2.24, 2.45) is 0 Å². The van der Waals surface area contributed by atoms with Crippen LogP contribution in [0.2, 0.25) is 0 Å². The molecule has 0 aliphatic heterocycles. The van der Waals surface area contributed by atoms with Gasteiger partial charge in [-0.2, -0.15) is 0 Å². The maximum Gasteiger partial charge on any atom is 0.113 e. The highest BCUT2D eigenvalue weighted by atomic mass is 14.2. The zero-order valence-electron chi connectivity index (χ0n) is 21.5. The highest BCUT2D eigenvalue weighted by Gasteiger charge is 2.20. The van der Waals surface area contributed by atoms with E-state index in [1.807, 2.05) is 6.07 Å². The second-order valence-electron chi connectivity index (χ2n) is 9.92. The lowest BCUT2D eigenvalue weighted by atomic mass is 9.80. The summed E-state index contributed by atoms with van der Waals surface area (Å²) in [7, 11) is 6.47. The number of hydrogen-bond donors (Lipinski definition) is 0. The molecule has 0 aliphatic carbocycles. The van der Waals surface area contributed by atoms with Crippen molar-refractivity contribution < 1.29 is 0 Å². The summed E-state index contributed by atoms with van der Waals surface area (Å²) >= 11 is 0. The van der Waals surface area contributed by atoms with Crippen LogP contribution < -0.4 is 5.46 Å². The van der Waals surface area contributed by atoms with Crippen molar-refractivity contribution in [3.8, 4) is 44.5 Å². The summed E-state index contributed by atoms with van der Waals surface area (Å²) < 4.78 is 0. The number of fused-ring (bicyclic) bond motifs is 2. The Labute approximate surface area is 230 Å². The Morgan fingerprint density at radius 2 is 0.692 bits per heavy atom. The van der Waals surface area contributed by atoms with E-state index in [9.17, 15) is 0 Å². The normalized spacial score (nSPS) is 11.2. The number of benzene rings is 7. The molecule has 0 aliphatic rings. The van der Waals surface area contributed by atoms with Crippen LogP contribution in [0.1, 0.15) is 0 Å². The second-order valence-corrected chi connectivity index (χ2v) is 9.92. The summed E-state index contributed by atoms with van der Waals surface area (Å²) in [6.07, 6.45) is 0. The van der Waals surface area contributed by atoms with E-state index in [4.69, 9.17) is 7.85 Å². The Bertz CT molecular complexity index is 1950. The first kappa shape index (κ1) is 23.3. The summed E-state index contributed by atoms with van der Waals surface area (Å²) in [6, 6.07) is 53.9. The molecule has 0 atom stereocenters. The molecule has 1 heteroatoms. The van der Waals surface area contributed by atoms with Crippen LogP contribution in [-0.2, 0) is 0 Å². The van der Waals surface area contributed by atoms with E-state index in [0.717, 1.165) is 10.8 Å². The van der Waals surface area contributed by atoms with E-state index < -0.39 is 0 Å². The van der Waals surface area contributed by atoms with Gasteiger partial charge in [0.25, 0.3) is 0 Å². The van der Waals surface area contributed by atoms with E-state index in [0.29, 0.717) is 0 Å². The van der Waals surface area contributed by atoms with Crippen LogP contribution in [-0.4, -0.2) is 7.85 Å². The molecule has 0 unspecified atom stereocenters. The number of hydrogen-bond acceptors (Lipinski definition) is 0. The molecular formula is C38H25B. The lowest BCUT2D eigenvalue weighted by molar-refractivity contribution is 1.60. The van der Waals surface area contributed by atoms with Gasteiger partial charge >= 0.3 is 0 Å². The van der Waals surface area contributed by atoms with Crippen LogP contribution in [0.3, 0.4) is 0 Å². The maximum absolute atomic E-state index is 6.47. The van der Waals surface area contributed by atoms with Crippen LogP contribution >= 0.6 is 0 Å². The standard InChI is InChI=1S/C38H25B/c39-28-23-24-35-36(25-28)38(32-20-10-8-18-30(32)27-15-5-2-6-16-27)34-22-12-11-21-33(34)37(35)31-19-9-7-17-29(31)26-13-3-1-4-14-26/h1-25H. The van der Waals surface area contributed by atoms with Crippen LogP contribution in [0.5, 0.6) is 0 Å². The molecule has 0 nitrogen and oxygen atoms in total. The third kappa shape index (κ3) is 4.04. The van der Waals surface area contributed by atoms with Gasteiger partial charge in [-0.15, -0.1) is 0 Å². The second kappa shape index (κ2) is 9.78. The van der Waals surface area contributed by atoms with E-state index >= 15 is 0 Å². The molecule has 7 rings (SSSR count). The SMILES string of the molecule is [B]c1ccc2c(-c3ccccc3-c3ccccc3)c3ccccc3c(-c3ccccc3-c3ccccc3)c2c1. The van der Waals surface area contributed by atoms with Crippen molar-refractivity contribution in [1.29, 1.82) is 0 Å². The molecule has 180 valence electrons. The molecule has 0 saturated carbocycles. The van der Waals surface area contributed by atoms with Crippen molar-refractivity contribution >= 4 is 34.9 Å². The fraction of sp³-hybridized carbons (Fsp3) is 0. The zero-order chi connectivity index (χ0) is 26.2. The van der Waals surface area contributed by atoms with Crippen LogP contribution in [0.15, 0.2) is 152 Å². The molecule has 39 heavy (non-hydrogen) atoms. The minimum absolute atomic E-state index is 0.763. The summed E-state index contributed by atoms with van der Waals surface area (Å²) in [5.74, 6) is 0.